The standard InChI is InChI=1S/C43H29F3N4/c1-24-6-10-32-33-11-7-25(2)15-38(33)49(37(32)14-24)41-20-29(28-18-30(43(44,45)46)22-31(19-28)48-5)21-42(36(41)23-47)50-39-16-26(3)8-12-34(39)35-13-9-27(4)17-40(35)50/h6-22H,1-4H3. The highest BCUT2D eigenvalue weighted by molar-refractivity contribution is 6.11. The highest BCUT2D eigenvalue weighted by atomic mass is 19.4. The third-order valence-corrected chi connectivity index (χ3v) is 9.55. The van der Waals surface area contributed by atoms with Crippen LogP contribution in [0.4, 0.5) is 18.9 Å². The van der Waals surface area contributed by atoms with Crippen LogP contribution in [-0.4, -0.2) is 9.13 Å². The molecule has 4 nitrogen and oxygen atoms in total. The number of hydrogen-bond donors (Lipinski definition) is 0. The molecule has 2 aromatic heterocycles. The van der Waals surface area contributed by atoms with Crippen molar-refractivity contribution < 1.29 is 13.2 Å². The van der Waals surface area contributed by atoms with Gasteiger partial charge in [0.25, 0.3) is 0 Å². The fourth-order valence-electron chi connectivity index (χ4n) is 7.25. The van der Waals surface area contributed by atoms with Crippen molar-refractivity contribution in [2.24, 2.45) is 0 Å². The van der Waals surface area contributed by atoms with Crippen LogP contribution in [0.15, 0.2) is 103 Å². The number of hydrogen-bond acceptors (Lipinski definition) is 1. The van der Waals surface area contributed by atoms with E-state index in [2.05, 4.69) is 92.8 Å². The largest absolute Gasteiger partial charge is 0.415 e. The smallest absolute Gasteiger partial charge is 0.308 e. The minimum Gasteiger partial charge on any atom is -0.308 e. The third-order valence-electron chi connectivity index (χ3n) is 9.55. The van der Waals surface area contributed by atoms with Crippen molar-refractivity contribution in [1.29, 1.82) is 5.26 Å². The van der Waals surface area contributed by atoms with Crippen molar-refractivity contribution in [2.75, 3.05) is 0 Å². The minimum atomic E-state index is -4.66. The Morgan fingerprint density at radius 3 is 1.28 bits per heavy atom. The van der Waals surface area contributed by atoms with E-state index in [-0.39, 0.29) is 11.3 Å². The number of nitriles is 1. The monoisotopic (exact) mass is 658 g/mol. The van der Waals surface area contributed by atoms with Crippen molar-refractivity contribution in [3.63, 3.8) is 0 Å². The number of aryl methyl sites for hydroxylation is 4. The first kappa shape index (κ1) is 31.0. The summed E-state index contributed by atoms with van der Waals surface area (Å²) < 4.78 is 46.8. The normalized spacial score (nSPS) is 11.9. The molecule has 2 heterocycles. The highest BCUT2D eigenvalue weighted by Gasteiger charge is 2.31. The molecule has 0 N–H and O–H groups in total. The van der Waals surface area contributed by atoms with Gasteiger partial charge in [0.15, 0.2) is 5.69 Å². The number of rotatable bonds is 3. The zero-order valence-corrected chi connectivity index (χ0v) is 27.7. The van der Waals surface area contributed by atoms with Crippen LogP contribution in [-0.2, 0) is 6.18 Å². The summed E-state index contributed by atoms with van der Waals surface area (Å²) in [7, 11) is 0. The van der Waals surface area contributed by atoms with Gasteiger partial charge in [-0.3, -0.25) is 0 Å². The Bertz CT molecular complexity index is 2550. The molecule has 0 unspecified atom stereocenters. The molecule has 0 amide bonds. The van der Waals surface area contributed by atoms with Crippen LogP contribution in [0.2, 0.25) is 0 Å². The molecule has 0 aliphatic carbocycles. The van der Waals surface area contributed by atoms with Gasteiger partial charge >= 0.3 is 6.18 Å². The average molecular weight is 659 g/mol. The first-order valence-corrected chi connectivity index (χ1v) is 16.2. The first-order valence-electron chi connectivity index (χ1n) is 16.2. The molecular formula is C43H29F3N4. The maximum Gasteiger partial charge on any atom is 0.415 e. The predicted octanol–water partition coefficient (Wildman–Crippen LogP) is 12.2. The Hall–Kier alpha value is -6.31. The molecule has 8 aromatic rings. The number of fused-ring (bicyclic) bond motifs is 6. The average Bonchev–Trinajstić information content (AvgIpc) is 3.57. The third kappa shape index (κ3) is 4.82. The van der Waals surface area contributed by atoms with Gasteiger partial charge in [0, 0.05) is 27.1 Å². The summed E-state index contributed by atoms with van der Waals surface area (Å²) >= 11 is 0. The first-order chi connectivity index (χ1) is 23.9. The Kier molecular flexibility index (Phi) is 6.89. The lowest BCUT2D eigenvalue weighted by molar-refractivity contribution is -0.137. The highest BCUT2D eigenvalue weighted by Crippen LogP contribution is 2.42. The molecule has 0 aliphatic heterocycles. The van der Waals surface area contributed by atoms with Gasteiger partial charge in [-0.15, -0.1) is 0 Å². The number of alkyl halides is 3. The van der Waals surface area contributed by atoms with E-state index in [1.165, 1.54) is 6.07 Å². The van der Waals surface area contributed by atoms with E-state index in [0.29, 0.717) is 22.5 Å². The molecule has 242 valence electrons. The van der Waals surface area contributed by atoms with E-state index in [1.54, 1.807) is 12.1 Å². The fourth-order valence-corrected chi connectivity index (χ4v) is 7.25. The number of benzene rings is 6. The molecule has 50 heavy (non-hydrogen) atoms. The molecule has 0 spiro atoms. The lowest BCUT2D eigenvalue weighted by Gasteiger charge is -2.19. The molecular weight excluding hydrogens is 629 g/mol. The summed E-state index contributed by atoms with van der Waals surface area (Å²) in [4.78, 5) is 3.40. The predicted molar refractivity (Wildman–Crippen MR) is 195 cm³/mol. The van der Waals surface area contributed by atoms with Crippen molar-refractivity contribution in [3.05, 3.63) is 148 Å². The molecule has 0 saturated heterocycles. The van der Waals surface area contributed by atoms with E-state index in [4.69, 9.17) is 6.57 Å². The van der Waals surface area contributed by atoms with E-state index in [9.17, 15) is 18.4 Å². The van der Waals surface area contributed by atoms with E-state index < -0.39 is 11.7 Å². The Labute approximate surface area is 286 Å². The fraction of sp³-hybridized carbons (Fsp3) is 0.116. The maximum absolute atomic E-state index is 14.2. The summed E-state index contributed by atoms with van der Waals surface area (Å²) in [5, 5.41) is 15.1. The van der Waals surface area contributed by atoms with Gasteiger partial charge in [0.1, 0.15) is 11.6 Å². The number of halogens is 3. The topological polar surface area (TPSA) is 38.0 Å². The zero-order valence-electron chi connectivity index (χ0n) is 27.7. The molecule has 0 radical (unpaired) electrons. The van der Waals surface area contributed by atoms with Crippen molar-refractivity contribution in [2.45, 2.75) is 33.9 Å². The zero-order chi connectivity index (χ0) is 35.1. The van der Waals surface area contributed by atoms with Gasteiger partial charge in [-0.1, -0.05) is 48.5 Å². The summed E-state index contributed by atoms with van der Waals surface area (Å²) in [6.07, 6.45) is -4.66. The molecule has 0 saturated carbocycles. The maximum atomic E-state index is 14.2. The van der Waals surface area contributed by atoms with Crippen molar-refractivity contribution in [3.8, 4) is 28.6 Å². The molecule has 8 rings (SSSR count). The van der Waals surface area contributed by atoms with Gasteiger partial charge in [-0.25, -0.2) is 4.85 Å². The SMILES string of the molecule is [C-]#[N+]c1cc(-c2cc(-n3c4cc(C)ccc4c4ccc(C)cc43)c(C#N)c(-n3c4cc(C)ccc4c4ccc(C)cc43)c2)cc(C(F)(F)F)c1. The molecule has 7 heteroatoms. The number of nitrogens with zero attached hydrogens (tertiary/aromatic N) is 4. The van der Waals surface area contributed by atoms with Crippen LogP contribution in [0, 0.1) is 45.6 Å². The molecule has 0 atom stereocenters. The van der Waals surface area contributed by atoms with E-state index in [0.717, 1.165) is 78.0 Å². The molecule has 0 bridgehead atoms. The number of aromatic nitrogens is 2. The van der Waals surface area contributed by atoms with E-state index >= 15 is 0 Å². The van der Waals surface area contributed by atoms with Crippen molar-refractivity contribution >= 4 is 49.3 Å². The lowest BCUT2D eigenvalue weighted by atomic mass is 9.97. The minimum absolute atomic E-state index is 0.117. The van der Waals surface area contributed by atoms with Crippen LogP contribution >= 0.6 is 0 Å². The van der Waals surface area contributed by atoms with Crippen LogP contribution in [0.3, 0.4) is 0 Å². The van der Waals surface area contributed by atoms with Gasteiger partial charge in [-0.05, 0) is 116 Å². The van der Waals surface area contributed by atoms with Gasteiger partial charge in [-0.2, -0.15) is 18.4 Å². The second kappa shape index (κ2) is 11.1. The Morgan fingerprint density at radius 2 is 0.940 bits per heavy atom. The second-order valence-electron chi connectivity index (χ2n) is 13.1. The quantitative estimate of drug-likeness (QED) is 0.174. The van der Waals surface area contributed by atoms with Gasteiger partial charge in [0.2, 0.25) is 0 Å². The van der Waals surface area contributed by atoms with Crippen LogP contribution in [0.5, 0.6) is 0 Å². The van der Waals surface area contributed by atoms with Crippen molar-refractivity contribution in [1.82, 2.24) is 9.13 Å². The molecule has 0 aliphatic rings. The van der Waals surface area contributed by atoms with Gasteiger partial charge in [0.05, 0.1) is 40.0 Å². The Morgan fingerprint density at radius 1 is 0.560 bits per heavy atom. The summed E-state index contributed by atoms with van der Waals surface area (Å²) in [5.41, 5.74) is 8.74. The van der Waals surface area contributed by atoms with Crippen LogP contribution in [0.1, 0.15) is 33.4 Å². The Balaban J connectivity index is 1.59. The molecule has 6 aromatic carbocycles. The summed E-state index contributed by atoms with van der Waals surface area (Å²) in [5.74, 6) is 0. The summed E-state index contributed by atoms with van der Waals surface area (Å²) in [6.45, 7) is 15.7. The van der Waals surface area contributed by atoms with Crippen LogP contribution < -0.4 is 0 Å². The van der Waals surface area contributed by atoms with Crippen LogP contribution in [0.25, 0.3) is 71.0 Å². The lowest BCUT2D eigenvalue weighted by Crippen LogP contribution is -2.07. The van der Waals surface area contributed by atoms with Gasteiger partial charge < -0.3 is 9.13 Å². The molecule has 0 fully saturated rings. The van der Waals surface area contributed by atoms with E-state index in [1.807, 2.05) is 27.7 Å². The summed E-state index contributed by atoms with van der Waals surface area (Å²) in [6, 6.07) is 34.4. The second-order valence-corrected chi connectivity index (χ2v) is 13.1.